The van der Waals surface area contributed by atoms with Crippen LogP contribution in [-0.2, 0) is 6.54 Å². The van der Waals surface area contributed by atoms with E-state index in [1.807, 2.05) is 24.3 Å². The molecule has 0 radical (unpaired) electrons. The van der Waals surface area contributed by atoms with Gasteiger partial charge in [-0.05, 0) is 24.2 Å². The van der Waals surface area contributed by atoms with Crippen LogP contribution in [0.4, 0.5) is 0 Å². The van der Waals surface area contributed by atoms with Crippen LogP contribution in [0.25, 0.3) is 0 Å². The maximum absolute atomic E-state index is 8.52. The second kappa shape index (κ2) is 6.44. The van der Waals surface area contributed by atoms with E-state index < -0.39 is 0 Å². The van der Waals surface area contributed by atoms with Gasteiger partial charge in [0.25, 0.3) is 0 Å². The van der Waals surface area contributed by atoms with Crippen molar-refractivity contribution in [2.75, 3.05) is 13.1 Å². The van der Waals surface area contributed by atoms with E-state index >= 15 is 0 Å². The van der Waals surface area contributed by atoms with Gasteiger partial charge >= 0.3 is 0 Å². The highest BCUT2D eigenvalue weighted by Crippen LogP contribution is 2.11. The Bertz CT molecular complexity index is 326. The first-order chi connectivity index (χ1) is 7.26. The largest absolute Gasteiger partial charge is 0.298 e. The van der Waals surface area contributed by atoms with Crippen LogP contribution in [-0.4, -0.2) is 18.0 Å². The summed E-state index contributed by atoms with van der Waals surface area (Å²) in [6.07, 6.45) is 0.585. The summed E-state index contributed by atoms with van der Waals surface area (Å²) < 4.78 is 0. The molecule has 0 spiro atoms. The number of hydrogen-bond donors (Lipinski definition) is 0. The van der Waals surface area contributed by atoms with Crippen molar-refractivity contribution in [3.63, 3.8) is 0 Å². The molecule has 0 N–H and O–H groups in total. The molecule has 3 heteroatoms. The second-order valence-electron chi connectivity index (χ2n) is 3.40. The van der Waals surface area contributed by atoms with Gasteiger partial charge in [0.05, 0.1) is 6.07 Å². The fourth-order valence-corrected chi connectivity index (χ4v) is 1.53. The van der Waals surface area contributed by atoms with Gasteiger partial charge in [-0.2, -0.15) is 5.26 Å². The summed E-state index contributed by atoms with van der Waals surface area (Å²) in [6.45, 7) is 4.78. The molecule has 0 fully saturated rings. The highest BCUT2D eigenvalue weighted by atomic mass is 35.5. The molecule has 0 heterocycles. The van der Waals surface area contributed by atoms with Crippen molar-refractivity contribution in [1.29, 1.82) is 5.26 Å². The van der Waals surface area contributed by atoms with Gasteiger partial charge in [-0.3, -0.25) is 4.90 Å². The van der Waals surface area contributed by atoms with Crippen molar-refractivity contribution in [1.82, 2.24) is 4.90 Å². The molecule has 0 aliphatic heterocycles. The molecule has 2 nitrogen and oxygen atoms in total. The van der Waals surface area contributed by atoms with Crippen LogP contribution in [0, 0.1) is 11.3 Å². The molecule has 1 aromatic rings. The standard InChI is InChI=1S/C12H15ClN2/c1-2-15(9-3-8-14)10-11-4-6-12(13)7-5-11/h4-7H,2-3,9-10H2,1H3. The van der Waals surface area contributed by atoms with Crippen LogP contribution < -0.4 is 0 Å². The van der Waals surface area contributed by atoms with Crippen molar-refractivity contribution in [2.24, 2.45) is 0 Å². The lowest BCUT2D eigenvalue weighted by Crippen LogP contribution is -2.23. The molecule has 0 amide bonds. The second-order valence-corrected chi connectivity index (χ2v) is 3.84. The van der Waals surface area contributed by atoms with Crippen LogP contribution in [0.3, 0.4) is 0 Å². The minimum Gasteiger partial charge on any atom is -0.298 e. The third-order valence-electron chi connectivity index (χ3n) is 2.31. The number of halogens is 1. The summed E-state index contributed by atoms with van der Waals surface area (Å²) in [6, 6.07) is 10.0. The van der Waals surface area contributed by atoms with Gasteiger partial charge in [-0.1, -0.05) is 30.7 Å². The predicted molar refractivity (Wildman–Crippen MR) is 62.6 cm³/mol. The molecule has 0 saturated heterocycles. The fraction of sp³-hybridized carbons (Fsp3) is 0.417. The third-order valence-corrected chi connectivity index (χ3v) is 2.56. The van der Waals surface area contributed by atoms with Crippen molar-refractivity contribution < 1.29 is 0 Å². The summed E-state index contributed by atoms with van der Waals surface area (Å²) in [5.74, 6) is 0. The van der Waals surface area contributed by atoms with Crippen LogP contribution in [0.2, 0.25) is 5.02 Å². The van der Waals surface area contributed by atoms with Gasteiger partial charge < -0.3 is 0 Å². The average molecular weight is 223 g/mol. The summed E-state index contributed by atoms with van der Waals surface area (Å²) in [4.78, 5) is 2.24. The van der Waals surface area contributed by atoms with Gasteiger partial charge in [0.15, 0.2) is 0 Å². The first kappa shape index (κ1) is 12.0. The van der Waals surface area contributed by atoms with Gasteiger partial charge in [0, 0.05) is 24.5 Å². The lowest BCUT2D eigenvalue weighted by Gasteiger charge is -2.18. The first-order valence-corrected chi connectivity index (χ1v) is 5.47. The Balaban J connectivity index is 2.51. The zero-order valence-electron chi connectivity index (χ0n) is 8.91. The molecule has 0 aliphatic carbocycles. The molecule has 0 atom stereocenters. The molecule has 1 rings (SSSR count). The molecule has 0 aromatic heterocycles. The summed E-state index contributed by atoms with van der Waals surface area (Å²) in [5, 5.41) is 9.28. The zero-order chi connectivity index (χ0) is 11.1. The minimum absolute atomic E-state index is 0.585. The van der Waals surface area contributed by atoms with Crippen molar-refractivity contribution in [2.45, 2.75) is 19.9 Å². The number of nitrogens with zero attached hydrogens (tertiary/aromatic N) is 2. The average Bonchev–Trinajstić information content (AvgIpc) is 2.27. The molecule has 0 aliphatic rings. The molecule has 0 saturated carbocycles. The van der Waals surface area contributed by atoms with Crippen LogP contribution >= 0.6 is 11.6 Å². The van der Waals surface area contributed by atoms with E-state index in [4.69, 9.17) is 16.9 Å². The van der Waals surface area contributed by atoms with E-state index in [0.29, 0.717) is 6.42 Å². The number of benzene rings is 1. The van der Waals surface area contributed by atoms with E-state index in [1.165, 1.54) is 5.56 Å². The fourth-order valence-electron chi connectivity index (χ4n) is 1.41. The zero-order valence-corrected chi connectivity index (χ0v) is 9.67. The van der Waals surface area contributed by atoms with E-state index in [2.05, 4.69) is 17.9 Å². The third kappa shape index (κ3) is 4.33. The molecule has 15 heavy (non-hydrogen) atoms. The van der Waals surface area contributed by atoms with E-state index in [-0.39, 0.29) is 0 Å². The summed E-state index contributed by atoms with van der Waals surface area (Å²) >= 11 is 5.81. The maximum Gasteiger partial charge on any atom is 0.0635 e. The lowest BCUT2D eigenvalue weighted by atomic mass is 10.2. The number of hydrogen-bond acceptors (Lipinski definition) is 2. The van der Waals surface area contributed by atoms with Crippen LogP contribution in [0.1, 0.15) is 18.9 Å². The van der Waals surface area contributed by atoms with Gasteiger partial charge in [-0.25, -0.2) is 0 Å². The maximum atomic E-state index is 8.52. The minimum atomic E-state index is 0.585. The monoisotopic (exact) mass is 222 g/mol. The summed E-state index contributed by atoms with van der Waals surface area (Å²) in [5.41, 5.74) is 1.24. The molecule has 1 aromatic carbocycles. The Morgan fingerprint density at radius 1 is 1.33 bits per heavy atom. The molecular formula is C12H15ClN2. The van der Waals surface area contributed by atoms with Crippen molar-refractivity contribution >= 4 is 11.6 Å². The Hall–Kier alpha value is -1.04. The Morgan fingerprint density at radius 2 is 2.00 bits per heavy atom. The van der Waals surface area contributed by atoms with Crippen molar-refractivity contribution in [3.8, 4) is 6.07 Å². The first-order valence-electron chi connectivity index (χ1n) is 5.10. The number of rotatable bonds is 5. The predicted octanol–water partition coefficient (Wildman–Crippen LogP) is 3.08. The highest BCUT2D eigenvalue weighted by Gasteiger charge is 2.02. The van der Waals surface area contributed by atoms with Gasteiger partial charge in [-0.15, -0.1) is 0 Å². The van der Waals surface area contributed by atoms with E-state index in [1.54, 1.807) is 0 Å². The quantitative estimate of drug-likeness (QED) is 0.766. The Labute approximate surface area is 96.1 Å². The van der Waals surface area contributed by atoms with E-state index in [0.717, 1.165) is 24.7 Å². The highest BCUT2D eigenvalue weighted by molar-refractivity contribution is 6.30. The Morgan fingerprint density at radius 3 is 2.53 bits per heavy atom. The van der Waals surface area contributed by atoms with E-state index in [9.17, 15) is 0 Å². The van der Waals surface area contributed by atoms with Gasteiger partial charge in [0.2, 0.25) is 0 Å². The normalized spacial score (nSPS) is 10.3. The smallest absolute Gasteiger partial charge is 0.0635 e. The van der Waals surface area contributed by atoms with Crippen molar-refractivity contribution in [3.05, 3.63) is 34.9 Å². The van der Waals surface area contributed by atoms with Gasteiger partial charge in [0.1, 0.15) is 0 Å². The molecule has 0 bridgehead atoms. The number of nitriles is 1. The van der Waals surface area contributed by atoms with Crippen LogP contribution in [0.15, 0.2) is 24.3 Å². The SMILES string of the molecule is CCN(CCC#N)Cc1ccc(Cl)cc1. The molecule has 80 valence electrons. The topological polar surface area (TPSA) is 27.0 Å². The molecular weight excluding hydrogens is 208 g/mol. The molecule has 0 unspecified atom stereocenters. The Kier molecular flexibility index (Phi) is 5.17. The lowest BCUT2D eigenvalue weighted by molar-refractivity contribution is 0.287. The van der Waals surface area contributed by atoms with Crippen LogP contribution in [0.5, 0.6) is 0 Å². The summed E-state index contributed by atoms with van der Waals surface area (Å²) in [7, 11) is 0.